The maximum atomic E-state index is 12.2. The molecule has 0 aromatic rings. The zero-order chi connectivity index (χ0) is 55.4. The second-order valence-corrected chi connectivity index (χ2v) is 18.8. The number of aliphatic carboxylic acids is 2. The Labute approximate surface area is 446 Å². The zero-order valence-electron chi connectivity index (χ0n) is 45.6. The van der Waals surface area contributed by atoms with E-state index in [1.807, 2.05) is 0 Å². The van der Waals surface area contributed by atoms with Crippen molar-refractivity contribution in [3.8, 4) is 0 Å². The molecule has 0 saturated carbocycles. The van der Waals surface area contributed by atoms with E-state index in [0.717, 1.165) is 51.4 Å². The lowest BCUT2D eigenvalue weighted by atomic mass is 10.0. The molecule has 0 saturated heterocycles. The molecule has 22 heteroatoms. The van der Waals surface area contributed by atoms with Gasteiger partial charge in [0.2, 0.25) is 35.4 Å². The smallest absolute Gasteiger partial charge is 0.326 e. The van der Waals surface area contributed by atoms with Crippen LogP contribution in [-0.4, -0.2) is 168 Å². The normalized spacial score (nSPS) is 11.8. The number of amides is 6. The fourth-order valence-electron chi connectivity index (χ4n) is 7.71. The van der Waals surface area contributed by atoms with Gasteiger partial charge >= 0.3 is 11.9 Å². The summed E-state index contributed by atoms with van der Waals surface area (Å²) < 4.78 is 21.3. The average Bonchev–Trinajstić information content (AvgIpc) is 3.37. The lowest BCUT2D eigenvalue weighted by molar-refractivity contribution is -0.143. The van der Waals surface area contributed by atoms with E-state index in [4.69, 9.17) is 24.1 Å². The Morgan fingerprint density at radius 2 is 0.733 bits per heavy atom. The molecule has 0 aromatic carbocycles. The van der Waals surface area contributed by atoms with E-state index in [9.17, 15) is 48.3 Å². The number of ether oxygens (including phenoxy) is 4. The van der Waals surface area contributed by atoms with Crippen LogP contribution in [0, 0.1) is 0 Å². The number of carboxylic acids is 2. The van der Waals surface area contributed by atoms with Gasteiger partial charge < -0.3 is 66.4 Å². The van der Waals surface area contributed by atoms with Gasteiger partial charge in [0.15, 0.2) is 0 Å². The monoisotopic (exact) mass is 1070 g/mol. The predicted molar refractivity (Wildman–Crippen MR) is 284 cm³/mol. The Morgan fingerprint density at radius 3 is 1.17 bits per heavy atom. The minimum absolute atomic E-state index is 0.0240. The van der Waals surface area contributed by atoms with Crippen LogP contribution in [0.5, 0.6) is 0 Å². The number of hydrogen-bond donors (Lipinski definition) is 9. The summed E-state index contributed by atoms with van der Waals surface area (Å²) in [6, 6.07) is -1.48. The van der Waals surface area contributed by atoms with Gasteiger partial charge in [-0.2, -0.15) is 0 Å². The van der Waals surface area contributed by atoms with Crippen molar-refractivity contribution in [3.05, 3.63) is 0 Å². The minimum Gasteiger partial charge on any atom is -0.481 e. The first-order chi connectivity index (χ1) is 36.2. The molecule has 0 fully saturated rings. The van der Waals surface area contributed by atoms with Gasteiger partial charge in [-0.25, -0.2) is 4.79 Å². The van der Waals surface area contributed by atoms with E-state index < -0.39 is 36.4 Å². The number of carbonyl (C=O) groups is 9. The largest absolute Gasteiger partial charge is 0.481 e. The Balaban J connectivity index is 3.63. The van der Waals surface area contributed by atoms with Crippen molar-refractivity contribution >= 4 is 53.2 Å². The standard InChI is InChI=1S/C53H97N7O15/c1-43(61)44(54-2)23-19-20-30-55-47(63)25-21-32-57-49(65)29-28-45(53(70)71)60-51(67)42-75-40-38-73-36-34-59-50(66)41-74-39-37-72-35-33-58-48(64)26-22-31-56-46(62)24-17-15-13-11-9-7-5-3-4-6-8-10-12-14-16-18-27-52(68)69/h44-45,54H,3-42H2,1-2H3,(H,55,63)(H,56,62)(H,57,65)(H,58,64)(H,59,66)(H,60,67)(H,68,69)(H,70,71)/t44-,45?/m0/s1. The van der Waals surface area contributed by atoms with Crippen molar-refractivity contribution in [2.75, 3.05) is 92.6 Å². The van der Waals surface area contributed by atoms with Gasteiger partial charge in [0.25, 0.3) is 0 Å². The first-order valence-electron chi connectivity index (χ1n) is 27.8. The highest BCUT2D eigenvalue weighted by atomic mass is 16.5. The van der Waals surface area contributed by atoms with Crippen molar-refractivity contribution in [3.63, 3.8) is 0 Å². The van der Waals surface area contributed by atoms with Crippen LogP contribution < -0.4 is 37.2 Å². The van der Waals surface area contributed by atoms with Crippen molar-refractivity contribution in [1.82, 2.24) is 37.2 Å². The summed E-state index contributed by atoms with van der Waals surface area (Å²) in [5.41, 5.74) is 0. The maximum Gasteiger partial charge on any atom is 0.326 e. The molecular weight excluding hydrogens is 975 g/mol. The van der Waals surface area contributed by atoms with E-state index in [1.165, 1.54) is 71.1 Å². The second kappa shape index (κ2) is 51.3. The summed E-state index contributed by atoms with van der Waals surface area (Å²) in [4.78, 5) is 106. The molecule has 434 valence electrons. The molecule has 22 nitrogen and oxygen atoms in total. The molecular formula is C53H97N7O15. The average molecular weight is 1070 g/mol. The number of unbranched alkanes of at least 4 members (excludes halogenated alkanes) is 16. The van der Waals surface area contributed by atoms with Gasteiger partial charge in [0, 0.05) is 64.8 Å². The van der Waals surface area contributed by atoms with E-state index >= 15 is 0 Å². The van der Waals surface area contributed by atoms with Crippen molar-refractivity contribution in [2.45, 2.75) is 192 Å². The van der Waals surface area contributed by atoms with Crippen LogP contribution in [0.25, 0.3) is 0 Å². The third-order valence-corrected chi connectivity index (χ3v) is 12.1. The highest BCUT2D eigenvalue weighted by Gasteiger charge is 2.21. The van der Waals surface area contributed by atoms with Crippen LogP contribution in [0.1, 0.15) is 180 Å². The van der Waals surface area contributed by atoms with Crippen LogP contribution in [0.3, 0.4) is 0 Å². The molecule has 9 N–H and O–H groups in total. The summed E-state index contributed by atoms with van der Waals surface area (Å²) in [6.07, 6.45) is 22.9. The molecule has 0 aromatic heterocycles. The summed E-state index contributed by atoms with van der Waals surface area (Å²) in [5.74, 6) is -3.58. The lowest BCUT2D eigenvalue weighted by Crippen LogP contribution is -2.43. The van der Waals surface area contributed by atoms with Crippen molar-refractivity contribution in [2.24, 2.45) is 0 Å². The van der Waals surface area contributed by atoms with Gasteiger partial charge in [-0.3, -0.25) is 38.4 Å². The van der Waals surface area contributed by atoms with E-state index in [-0.39, 0.29) is 114 Å². The van der Waals surface area contributed by atoms with Crippen LogP contribution in [-0.2, 0) is 62.1 Å². The van der Waals surface area contributed by atoms with E-state index in [2.05, 4.69) is 37.2 Å². The fourth-order valence-corrected chi connectivity index (χ4v) is 7.71. The number of carboxylic acid groups (broad SMARTS) is 2. The molecule has 0 aliphatic carbocycles. The van der Waals surface area contributed by atoms with Crippen LogP contribution >= 0.6 is 0 Å². The molecule has 0 heterocycles. The predicted octanol–water partition coefficient (Wildman–Crippen LogP) is 4.00. The van der Waals surface area contributed by atoms with Crippen LogP contribution in [0.2, 0.25) is 0 Å². The van der Waals surface area contributed by atoms with Crippen LogP contribution in [0.15, 0.2) is 0 Å². The minimum atomic E-state index is -1.30. The van der Waals surface area contributed by atoms with Crippen LogP contribution in [0.4, 0.5) is 0 Å². The maximum absolute atomic E-state index is 12.2. The summed E-state index contributed by atoms with van der Waals surface area (Å²) in [7, 11) is 1.74. The van der Waals surface area contributed by atoms with Crippen molar-refractivity contribution < 1.29 is 72.3 Å². The molecule has 75 heavy (non-hydrogen) atoms. The Bertz CT molecular complexity index is 1560. The molecule has 6 amide bonds. The SMILES string of the molecule is CN[C@@H](CCCCNC(=O)CCCNC(=O)CCC(NC(=O)COCCOCCNC(=O)COCCOCCNC(=O)CCCNC(=O)CCCCCCCCCCCCCCCCCCC(=O)O)C(=O)O)C(C)=O. The first kappa shape index (κ1) is 70.2. The number of hydrogen-bond acceptors (Lipinski definition) is 14. The van der Waals surface area contributed by atoms with Gasteiger partial charge in [0.1, 0.15) is 25.0 Å². The Kier molecular flexibility index (Phi) is 48.1. The zero-order valence-corrected chi connectivity index (χ0v) is 45.6. The summed E-state index contributed by atoms with van der Waals surface area (Å²) >= 11 is 0. The topological polar surface area (TPSA) is 315 Å². The number of nitrogens with one attached hydrogen (secondary N) is 7. The summed E-state index contributed by atoms with van der Waals surface area (Å²) in [5, 5.41) is 37.2. The third-order valence-electron chi connectivity index (χ3n) is 12.1. The van der Waals surface area contributed by atoms with Gasteiger partial charge in [-0.05, 0) is 65.3 Å². The Morgan fingerprint density at radius 1 is 0.360 bits per heavy atom. The number of rotatable bonds is 55. The second-order valence-electron chi connectivity index (χ2n) is 18.8. The highest BCUT2D eigenvalue weighted by Crippen LogP contribution is 2.14. The van der Waals surface area contributed by atoms with Gasteiger partial charge in [-0.1, -0.05) is 89.9 Å². The highest BCUT2D eigenvalue weighted by molar-refractivity contribution is 5.85. The fraction of sp³-hybridized carbons (Fsp3) is 0.830. The molecule has 0 bridgehead atoms. The molecule has 0 aliphatic heterocycles. The summed E-state index contributed by atoms with van der Waals surface area (Å²) in [6.45, 7) is 3.72. The number of ketones is 1. The van der Waals surface area contributed by atoms with Gasteiger partial charge in [-0.15, -0.1) is 0 Å². The first-order valence-corrected chi connectivity index (χ1v) is 27.8. The number of Topliss-reactive ketones (excluding diaryl/α,β-unsaturated/α-hetero) is 1. The Hall–Kier alpha value is -4.77. The molecule has 0 radical (unpaired) electrons. The lowest BCUT2D eigenvalue weighted by Gasteiger charge is -2.14. The van der Waals surface area contributed by atoms with E-state index in [0.29, 0.717) is 58.2 Å². The molecule has 0 spiro atoms. The number of likely N-dealkylation sites (N-methyl/N-ethyl adjacent to an activating group) is 1. The van der Waals surface area contributed by atoms with Gasteiger partial charge in [0.05, 0.1) is 45.7 Å². The quantitative estimate of drug-likeness (QED) is 0.0389. The van der Waals surface area contributed by atoms with Crippen molar-refractivity contribution in [1.29, 1.82) is 0 Å². The molecule has 0 rings (SSSR count). The molecule has 2 atom stereocenters. The third kappa shape index (κ3) is 49.8. The number of carbonyl (C=O) groups excluding carboxylic acids is 7. The molecule has 0 aliphatic rings. The molecule has 1 unspecified atom stereocenters. The van der Waals surface area contributed by atoms with E-state index in [1.54, 1.807) is 7.05 Å².